The zero-order valence-electron chi connectivity index (χ0n) is 23.5. The first-order valence-electron chi connectivity index (χ1n) is 13.8. The van der Waals surface area contributed by atoms with E-state index in [9.17, 15) is 9.59 Å². The molecule has 0 saturated heterocycles. The second kappa shape index (κ2) is 13.1. The van der Waals surface area contributed by atoms with E-state index in [4.69, 9.17) is 24.1 Å². The van der Waals surface area contributed by atoms with E-state index in [-0.39, 0.29) is 18.9 Å². The normalized spacial score (nSPS) is 12.5. The van der Waals surface area contributed by atoms with Gasteiger partial charge in [0, 0.05) is 24.0 Å². The van der Waals surface area contributed by atoms with Crippen LogP contribution in [0.25, 0.3) is 11.1 Å². The summed E-state index contributed by atoms with van der Waals surface area (Å²) in [7, 11) is 3.15. The van der Waals surface area contributed by atoms with Crippen molar-refractivity contribution in [2.75, 3.05) is 27.4 Å². The third kappa shape index (κ3) is 6.33. The SMILES string of the molecule is COc1ccc(C(NC(=O)OCC2c3ccccc3-c3ccccc32)c2ccc(OCCCC(=O)O)cc2)c(OC)c1. The predicted molar refractivity (Wildman–Crippen MR) is 158 cm³/mol. The van der Waals surface area contributed by atoms with Gasteiger partial charge in [0.05, 0.1) is 26.9 Å². The predicted octanol–water partition coefficient (Wildman–Crippen LogP) is 6.58. The van der Waals surface area contributed by atoms with Crippen LogP contribution in [0.2, 0.25) is 0 Å². The Morgan fingerprint density at radius 3 is 2.10 bits per heavy atom. The van der Waals surface area contributed by atoms with Crippen LogP contribution in [0.3, 0.4) is 0 Å². The molecule has 0 spiro atoms. The topological polar surface area (TPSA) is 103 Å². The molecule has 0 fully saturated rings. The molecule has 0 aromatic heterocycles. The van der Waals surface area contributed by atoms with Crippen molar-refractivity contribution < 1.29 is 33.6 Å². The van der Waals surface area contributed by atoms with Crippen molar-refractivity contribution in [3.63, 3.8) is 0 Å². The molecule has 4 aromatic rings. The average molecular weight is 568 g/mol. The number of hydrogen-bond acceptors (Lipinski definition) is 6. The number of carbonyl (C=O) groups is 2. The van der Waals surface area contributed by atoms with Crippen LogP contribution in [0.4, 0.5) is 4.79 Å². The van der Waals surface area contributed by atoms with Gasteiger partial charge in [0.15, 0.2) is 0 Å². The third-order valence-corrected chi connectivity index (χ3v) is 7.37. The van der Waals surface area contributed by atoms with Crippen LogP contribution in [-0.2, 0) is 9.53 Å². The number of benzene rings is 4. The molecular weight excluding hydrogens is 534 g/mol. The molecule has 0 bridgehead atoms. The van der Waals surface area contributed by atoms with Crippen molar-refractivity contribution in [2.24, 2.45) is 0 Å². The lowest BCUT2D eigenvalue weighted by molar-refractivity contribution is -0.137. The highest BCUT2D eigenvalue weighted by molar-refractivity contribution is 5.79. The average Bonchev–Trinajstić information content (AvgIpc) is 3.34. The summed E-state index contributed by atoms with van der Waals surface area (Å²) in [4.78, 5) is 24.1. The largest absolute Gasteiger partial charge is 0.497 e. The zero-order chi connectivity index (χ0) is 29.5. The van der Waals surface area contributed by atoms with E-state index in [0.29, 0.717) is 30.3 Å². The lowest BCUT2D eigenvalue weighted by Gasteiger charge is -2.23. The quantitative estimate of drug-likeness (QED) is 0.187. The number of aliphatic carboxylic acids is 1. The van der Waals surface area contributed by atoms with Gasteiger partial charge < -0.3 is 29.4 Å². The summed E-state index contributed by atoms with van der Waals surface area (Å²) >= 11 is 0. The standard InChI is InChI=1S/C34H33NO7/c1-39-24-17-18-29(31(20-24)40-2)33(22-13-15-23(16-14-22)41-19-7-12-32(36)37)35-34(38)42-21-30-27-10-5-3-8-25(27)26-9-4-6-11-28(26)30/h3-6,8-11,13-18,20,30,33H,7,12,19,21H2,1-2H3,(H,35,38)(H,36,37). The molecular formula is C34H33NO7. The molecule has 1 aliphatic carbocycles. The molecule has 0 aliphatic heterocycles. The van der Waals surface area contributed by atoms with Gasteiger partial charge in [-0.15, -0.1) is 0 Å². The second-order valence-electron chi connectivity index (χ2n) is 9.93. The molecule has 1 aliphatic rings. The summed E-state index contributed by atoms with van der Waals surface area (Å²) in [6.07, 6.45) is -0.109. The molecule has 4 aromatic carbocycles. The van der Waals surface area contributed by atoms with Crippen LogP contribution in [0, 0.1) is 0 Å². The van der Waals surface area contributed by atoms with Crippen molar-refractivity contribution in [3.8, 4) is 28.4 Å². The van der Waals surface area contributed by atoms with E-state index in [1.54, 1.807) is 32.4 Å². The highest BCUT2D eigenvalue weighted by Crippen LogP contribution is 2.44. The minimum absolute atomic E-state index is 0.0431. The second-order valence-corrected chi connectivity index (χ2v) is 9.93. The molecule has 0 radical (unpaired) electrons. The first-order chi connectivity index (χ1) is 20.5. The van der Waals surface area contributed by atoms with Crippen LogP contribution in [-0.4, -0.2) is 44.6 Å². The monoisotopic (exact) mass is 567 g/mol. The smallest absolute Gasteiger partial charge is 0.407 e. The van der Waals surface area contributed by atoms with Crippen molar-refractivity contribution in [1.29, 1.82) is 0 Å². The van der Waals surface area contributed by atoms with E-state index in [1.807, 2.05) is 48.5 Å². The van der Waals surface area contributed by atoms with Gasteiger partial charge in [0.25, 0.3) is 0 Å². The van der Waals surface area contributed by atoms with Crippen LogP contribution in [0.1, 0.15) is 47.1 Å². The first kappa shape index (κ1) is 28.5. The zero-order valence-corrected chi connectivity index (χ0v) is 23.5. The fourth-order valence-corrected chi connectivity index (χ4v) is 5.33. The maximum Gasteiger partial charge on any atom is 0.407 e. The maximum atomic E-state index is 13.3. The summed E-state index contributed by atoms with van der Waals surface area (Å²) in [5.41, 5.74) is 6.10. The number of nitrogens with one attached hydrogen (secondary N) is 1. The Bertz CT molecular complexity index is 1500. The number of amides is 1. The van der Waals surface area contributed by atoms with Gasteiger partial charge in [0.1, 0.15) is 23.9 Å². The van der Waals surface area contributed by atoms with Crippen LogP contribution >= 0.6 is 0 Å². The van der Waals surface area contributed by atoms with Crippen molar-refractivity contribution in [2.45, 2.75) is 24.8 Å². The molecule has 0 heterocycles. The highest BCUT2D eigenvalue weighted by Gasteiger charge is 2.30. The van der Waals surface area contributed by atoms with Crippen LogP contribution in [0.15, 0.2) is 91.0 Å². The fourth-order valence-electron chi connectivity index (χ4n) is 5.33. The molecule has 1 amide bonds. The number of ether oxygens (including phenoxy) is 4. The summed E-state index contributed by atoms with van der Waals surface area (Å²) in [6, 6.07) is 28.5. The first-order valence-corrected chi connectivity index (χ1v) is 13.8. The van der Waals surface area contributed by atoms with Gasteiger partial charge in [-0.25, -0.2) is 4.79 Å². The minimum Gasteiger partial charge on any atom is -0.497 e. The Morgan fingerprint density at radius 2 is 1.48 bits per heavy atom. The molecule has 1 atom stereocenters. The molecule has 5 rings (SSSR count). The molecule has 1 unspecified atom stereocenters. The molecule has 216 valence electrons. The van der Waals surface area contributed by atoms with Crippen LogP contribution in [0.5, 0.6) is 17.2 Å². The Balaban J connectivity index is 1.35. The van der Waals surface area contributed by atoms with Gasteiger partial charge in [-0.2, -0.15) is 0 Å². The Hall–Kier alpha value is -4.98. The number of rotatable bonds is 12. The van der Waals surface area contributed by atoms with Gasteiger partial charge in [-0.3, -0.25) is 4.79 Å². The van der Waals surface area contributed by atoms with E-state index in [0.717, 1.165) is 33.4 Å². The number of alkyl carbamates (subject to hydrolysis) is 1. The molecule has 8 nitrogen and oxygen atoms in total. The number of carboxylic acid groups (broad SMARTS) is 1. The summed E-state index contributed by atoms with van der Waals surface area (Å²) in [6.45, 7) is 0.481. The molecule has 42 heavy (non-hydrogen) atoms. The van der Waals surface area contributed by atoms with Gasteiger partial charge in [0.2, 0.25) is 0 Å². The summed E-state index contributed by atoms with van der Waals surface area (Å²) in [5, 5.41) is 11.9. The van der Waals surface area contributed by atoms with Crippen molar-refractivity contribution in [3.05, 3.63) is 113 Å². The fraction of sp³-hybridized carbons (Fsp3) is 0.235. The van der Waals surface area contributed by atoms with Gasteiger partial charge in [-0.05, 0) is 58.5 Å². The van der Waals surface area contributed by atoms with E-state index in [2.05, 4.69) is 29.6 Å². The third-order valence-electron chi connectivity index (χ3n) is 7.37. The number of carbonyl (C=O) groups excluding carboxylic acids is 1. The maximum absolute atomic E-state index is 13.3. The number of fused-ring (bicyclic) bond motifs is 3. The number of methoxy groups -OCH3 is 2. The van der Waals surface area contributed by atoms with Crippen molar-refractivity contribution >= 4 is 12.1 Å². The van der Waals surface area contributed by atoms with E-state index >= 15 is 0 Å². The van der Waals surface area contributed by atoms with E-state index < -0.39 is 18.1 Å². The van der Waals surface area contributed by atoms with Crippen molar-refractivity contribution in [1.82, 2.24) is 5.32 Å². The Labute approximate surface area is 244 Å². The van der Waals surface area contributed by atoms with Crippen LogP contribution < -0.4 is 19.5 Å². The summed E-state index contributed by atoms with van der Waals surface area (Å²) < 4.78 is 22.6. The molecule has 0 saturated carbocycles. The Morgan fingerprint density at radius 1 is 0.833 bits per heavy atom. The Kier molecular flexibility index (Phi) is 8.92. The highest BCUT2D eigenvalue weighted by atomic mass is 16.5. The van der Waals surface area contributed by atoms with E-state index in [1.165, 1.54) is 0 Å². The lowest BCUT2D eigenvalue weighted by Crippen LogP contribution is -2.31. The number of hydrogen-bond donors (Lipinski definition) is 2. The molecule has 8 heteroatoms. The minimum atomic E-state index is -0.857. The van der Waals surface area contributed by atoms with Gasteiger partial charge >= 0.3 is 12.1 Å². The lowest BCUT2D eigenvalue weighted by atomic mass is 9.97. The summed E-state index contributed by atoms with van der Waals surface area (Å²) in [5.74, 6) is 0.859. The molecule has 2 N–H and O–H groups in total. The number of carboxylic acids is 1. The van der Waals surface area contributed by atoms with Gasteiger partial charge in [-0.1, -0.05) is 60.7 Å².